The molecule has 2 N–H and O–H groups in total. The molecule has 1 atom stereocenters. The van der Waals surface area contributed by atoms with Gasteiger partial charge in [-0.3, -0.25) is 4.79 Å². The van der Waals surface area contributed by atoms with E-state index in [4.69, 9.17) is 4.74 Å². The number of hydrogen-bond acceptors (Lipinski definition) is 3. The first-order valence-electron chi connectivity index (χ1n) is 6.88. The van der Waals surface area contributed by atoms with Crippen LogP contribution >= 0.6 is 0 Å². The number of carbonyl (C=O) groups is 1. The first-order chi connectivity index (χ1) is 9.24. The van der Waals surface area contributed by atoms with Gasteiger partial charge in [0, 0.05) is 18.7 Å². The summed E-state index contributed by atoms with van der Waals surface area (Å²) in [5.41, 5.74) is 2.30. The molecule has 4 nitrogen and oxygen atoms in total. The summed E-state index contributed by atoms with van der Waals surface area (Å²) in [6, 6.07) is 6.13. The molecule has 1 saturated heterocycles. The van der Waals surface area contributed by atoms with Gasteiger partial charge in [-0.05, 0) is 31.0 Å². The van der Waals surface area contributed by atoms with E-state index < -0.39 is 0 Å². The van der Waals surface area contributed by atoms with Crippen LogP contribution in [0.15, 0.2) is 18.2 Å². The van der Waals surface area contributed by atoms with Crippen LogP contribution in [0.1, 0.15) is 24.5 Å². The first-order valence-corrected chi connectivity index (χ1v) is 6.88. The van der Waals surface area contributed by atoms with Gasteiger partial charge in [0.05, 0.1) is 13.0 Å². The Bertz CT molecular complexity index is 440. The third-order valence-corrected chi connectivity index (χ3v) is 3.64. The second-order valence-corrected chi connectivity index (χ2v) is 4.91. The van der Waals surface area contributed by atoms with Crippen molar-refractivity contribution in [2.75, 3.05) is 20.2 Å². The average molecular weight is 262 g/mol. The Labute approximate surface area is 114 Å². The molecule has 0 saturated carbocycles. The van der Waals surface area contributed by atoms with Gasteiger partial charge < -0.3 is 15.4 Å². The molecule has 1 aliphatic rings. The highest BCUT2D eigenvalue weighted by Crippen LogP contribution is 2.20. The Balaban J connectivity index is 1.99. The van der Waals surface area contributed by atoms with Gasteiger partial charge in [0.2, 0.25) is 5.91 Å². The van der Waals surface area contributed by atoms with Crippen molar-refractivity contribution in [3.05, 3.63) is 29.3 Å². The maximum absolute atomic E-state index is 12.0. The van der Waals surface area contributed by atoms with Crippen LogP contribution in [-0.4, -0.2) is 26.1 Å². The third-order valence-electron chi connectivity index (χ3n) is 3.64. The number of rotatable bonds is 5. The lowest BCUT2D eigenvalue weighted by molar-refractivity contribution is -0.124. The van der Waals surface area contributed by atoms with Gasteiger partial charge in [0.25, 0.3) is 0 Å². The van der Waals surface area contributed by atoms with Crippen LogP contribution in [0.25, 0.3) is 0 Å². The van der Waals surface area contributed by atoms with Crippen molar-refractivity contribution in [1.82, 2.24) is 10.6 Å². The second kappa shape index (κ2) is 6.57. The average Bonchev–Trinajstić information content (AvgIpc) is 2.98. The zero-order chi connectivity index (χ0) is 13.7. The fraction of sp³-hybridized carbons (Fsp3) is 0.533. The van der Waals surface area contributed by atoms with Gasteiger partial charge in [0.15, 0.2) is 0 Å². The summed E-state index contributed by atoms with van der Waals surface area (Å²) in [4.78, 5) is 12.0. The van der Waals surface area contributed by atoms with Gasteiger partial charge in [0.1, 0.15) is 5.75 Å². The fourth-order valence-electron chi connectivity index (χ4n) is 2.40. The second-order valence-electron chi connectivity index (χ2n) is 4.91. The maximum Gasteiger partial charge on any atom is 0.224 e. The van der Waals surface area contributed by atoms with E-state index in [0.717, 1.165) is 37.2 Å². The van der Waals surface area contributed by atoms with E-state index >= 15 is 0 Å². The number of hydrogen-bond donors (Lipinski definition) is 2. The summed E-state index contributed by atoms with van der Waals surface area (Å²) < 4.78 is 5.34. The van der Waals surface area contributed by atoms with Crippen molar-refractivity contribution in [1.29, 1.82) is 0 Å². The Morgan fingerprint density at radius 2 is 2.37 bits per heavy atom. The summed E-state index contributed by atoms with van der Waals surface area (Å²) in [6.45, 7) is 4.38. The number of carbonyl (C=O) groups excluding carboxylic acids is 1. The van der Waals surface area contributed by atoms with Crippen molar-refractivity contribution >= 4 is 5.91 Å². The molecule has 0 aliphatic carbocycles. The molecule has 1 fully saturated rings. The highest BCUT2D eigenvalue weighted by molar-refractivity contribution is 5.79. The number of aryl methyl sites for hydroxylation is 1. The number of benzene rings is 1. The number of ether oxygens (including phenoxy) is 1. The molecule has 1 aromatic carbocycles. The molecule has 1 amide bonds. The minimum atomic E-state index is 0.111. The molecule has 104 valence electrons. The topological polar surface area (TPSA) is 50.4 Å². The first kappa shape index (κ1) is 13.9. The van der Waals surface area contributed by atoms with Crippen LogP contribution < -0.4 is 15.4 Å². The van der Waals surface area contributed by atoms with Crippen LogP contribution in [0.5, 0.6) is 5.75 Å². The smallest absolute Gasteiger partial charge is 0.224 e. The summed E-state index contributed by atoms with van der Waals surface area (Å²) in [7, 11) is 1.66. The largest absolute Gasteiger partial charge is 0.496 e. The Morgan fingerprint density at radius 3 is 3.00 bits per heavy atom. The van der Waals surface area contributed by atoms with Gasteiger partial charge >= 0.3 is 0 Å². The zero-order valence-corrected chi connectivity index (χ0v) is 11.7. The van der Waals surface area contributed by atoms with Crippen molar-refractivity contribution in [3.8, 4) is 5.75 Å². The van der Waals surface area contributed by atoms with Crippen LogP contribution in [0, 0.1) is 5.92 Å². The third kappa shape index (κ3) is 3.47. The number of methoxy groups -OCH3 is 1. The van der Waals surface area contributed by atoms with Gasteiger partial charge in [-0.15, -0.1) is 0 Å². The monoisotopic (exact) mass is 262 g/mol. The molecule has 19 heavy (non-hydrogen) atoms. The molecule has 0 bridgehead atoms. The molecule has 0 spiro atoms. The Kier molecular flexibility index (Phi) is 4.80. The quantitative estimate of drug-likeness (QED) is 0.845. The van der Waals surface area contributed by atoms with Gasteiger partial charge in [-0.2, -0.15) is 0 Å². The standard InChI is InChI=1S/C15H22N2O2/c1-3-11-4-5-14(19-2)13(8-11)10-17-15(18)12-6-7-16-9-12/h4-5,8,12,16H,3,6-7,9-10H2,1-2H3,(H,17,18). The van der Waals surface area contributed by atoms with Crippen molar-refractivity contribution in [2.24, 2.45) is 5.92 Å². The minimum absolute atomic E-state index is 0.111. The lowest BCUT2D eigenvalue weighted by atomic mass is 10.1. The number of amides is 1. The van der Waals surface area contributed by atoms with Crippen LogP contribution in [-0.2, 0) is 17.8 Å². The fourth-order valence-corrected chi connectivity index (χ4v) is 2.40. The normalized spacial score (nSPS) is 18.3. The molecule has 1 heterocycles. The summed E-state index contributed by atoms with van der Waals surface area (Å²) >= 11 is 0. The molecule has 0 radical (unpaired) electrons. The molecule has 0 aromatic heterocycles. The molecule has 1 aliphatic heterocycles. The van der Waals surface area contributed by atoms with E-state index in [1.54, 1.807) is 7.11 Å². The van der Waals surface area contributed by atoms with E-state index in [9.17, 15) is 4.79 Å². The maximum atomic E-state index is 12.0. The van der Waals surface area contributed by atoms with Crippen molar-refractivity contribution in [3.63, 3.8) is 0 Å². The summed E-state index contributed by atoms with van der Waals surface area (Å²) in [6.07, 6.45) is 1.91. The highest BCUT2D eigenvalue weighted by atomic mass is 16.5. The van der Waals surface area contributed by atoms with Gasteiger partial charge in [-0.1, -0.05) is 19.1 Å². The molecular weight excluding hydrogens is 240 g/mol. The molecule has 1 unspecified atom stereocenters. The Morgan fingerprint density at radius 1 is 1.53 bits per heavy atom. The molecule has 1 aromatic rings. The summed E-state index contributed by atoms with van der Waals surface area (Å²) in [5.74, 6) is 1.08. The van der Waals surface area contributed by atoms with E-state index in [1.807, 2.05) is 6.07 Å². The van der Waals surface area contributed by atoms with E-state index in [-0.39, 0.29) is 11.8 Å². The SMILES string of the molecule is CCc1ccc(OC)c(CNC(=O)C2CCNC2)c1. The van der Waals surface area contributed by atoms with Crippen molar-refractivity contribution in [2.45, 2.75) is 26.3 Å². The minimum Gasteiger partial charge on any atom is -0.496 e. The predicted molar refractivity (Wildman–Crippen MR) is 75.2 cm³/mol. The molecular formula is C15H22N2O2. The predicted octanol–water partition coefficient (Wildman–Crippen LogP) is 1.48. The van der Waals surface area contributed by atoms with E-state index in [1.165, 1.54) is 5.56 Å². The zero-order valence-electron chi connectivity index (χ0n) is 11.7. The van der Waals surface area contributed by atoms with Gasteiger partial charge in [-0.25, -0.2) is 0 Å². The summed E-state index contributed by atoms with van der Waals surface area (Å²) in [5, 5.41) is 6.21. The van der Waals surface area contributed by atoms with Crippen LogP contribution in [0.4, 0.5) is 0 Å². The van der Waals surface area contributed by atoms with E-state index in [2.05, 4.69) is 29.7 Å². The lowest BCUT2D eigenvalue weighted by Crippen LogP contribution is -2.31. The molecule has 4 heteroatoms. The number of nitrogens with one attached hydrogen (secondary N) is 2. The molecule has 2 rings (SSSR count). The Hall–Kier alpha value is -1.55. The van der Waals surface area contributed by atoms with E-state index in [0.29, 0.717) is 6.54 Å². The van der Waals surface area contributed by atoms with Crippen molar-refractivity contribution < 1.29 is 9.53 Å². The lowest BCUT2D eigenvalue weighted by Gasteiger charge is -2.13. The highest BCUT2D eigenvalue weighted by Gasteiger charge is 2.22. The van der Waals surface area contributed by atoms with Crippen LogP contribution in [0.2, 0.25) is 0 Å². The van der Waals surface area contributed by atoms with Crippen LogP contribution in [0.3, 0.4) is 0 Å².